The summed E-state index contributed by atoms with van der Waals surface area (Å²) in [6, 6.07) is 10.0. The third kappa shape index (κ3) is 4.56. The van der Waals surface area contributed by atoms with E-state index in [1.807, 2.05) is 4.90 Å². The van der Waals surface area contributed by atoms with Crippen molar-refractivity contribution in [3.63, 3.8) is 0 Å². The minimum absolute atomic E-state index is 0.0213. The number of para-hydroxylation sites is 2. The van der Waals surface area contributed by atoms with E-state index in [1.165, 1.54) is 23.0 Å². The number of carbonyl (C=O) groups is 1. The predicted octanol–water partition coefficient (Wildman–Crippen LogP) is 3.23. The second-order valence-corrected chi connectivity index (χ2v) is 8.42. The van der Waals surface area contributed by atoms with Gasteiger partial charge in [0, 0.05) is 32.3 Å². The lowest BCUT2D eigenvalue weighted by Crippen LogP contribution is -2.42. The van der Waals surface area contributed by atoms with Gasteiger partial charge in [0.05, 0.1) is 48.5 Å². The summed E-state index contributed by atoms with van der Waals surface area (Å²) in [6.07, 6.45) is 0.985. The Bertz CT molecular complexity index is 1370. The number of nitrogens with one attached hydrogen (secondary N) is 1. The largest absolute Gasteiger partial charge is 0.494 e. The highest BCUT2D eigenvalue weighted by Gasteiger charge is 2.30. The van der Waals surface area contributed by atoms with Crippen LogP contribution in [0, 0.1) is 15.9 Å². The molecule has 2 aliphatic heterocycles. The number of hydrogen-bond donors (Lipinski definition) is 1. The van der Waals surface area contributed by atoms with Crippen molar-refractivity contribution in [2.45, 2.75) is 0 Å². The Morgan fingerprint density at radius 2 is 1.89 bits per heavy atom. The summed E-state index contributed by atoms with van der Waals surface area (Å²) in [5, 5.41) is 14.8. The second-order valence-electron chi connectivity index (χ2n) is 8.42. The van der Waals surface area contributed by atoms with Crippen molar-refractivity contribution in [2.75, 3.05) is 67.0 Å². The van der Waals surface area contributed by atoms with E-state index < -0.39 is 10.7 Å². The third-order valence-electron chi connectivity index (χ3n) is 6.27. The average molecular weight is 509 g/mol. The summed E-state index contributed by atoms with van der Waals surface area (Å²) in [6.45, 7) is 1.82. The van der Waals surface area contributed by atoms with Gasteiger partial charge in [-0.2, -0.15) is 4.98 Å². The number of nitro groups is 1. The minimum Gasteiger partial charge on any atom is -0.494 e. The first-order valence-corrected chi connectivity index (χ1v) is 11.5. The zero-order chi connectivity index (χ0) is 26.1. The molecule has 3 aromatic rings. The molecule has 192 valence electrons. The molecule has 0 unspecified atom stereocenters. The molecule has 1 saturated heterocycles. The summed E-state index contributed by atoms with van der Waals surface area (Å²) in [4.78, 5) is 37.2. The maximum absolute atomic E-state index is 14.9. The van der Waals surface area contributed by atoms with Gasteiger partial charge in [-0.15, -0.1) is 0 Å². The van der Waals surface area contributed by atoms with Crippen LogP contribution >= 0.6 is 0 Å². The molecule has 1 amide bonds. The molecule has 37 heavy (non-hydrogen) atoms. The van der Waals surface area contributed by atoms with E-state index in [0.29, 0.717) is 49.1 Å². The number of methoxy groups -OCH3 is 1. The number of carbonyl (C=O) groups excluding carboxylic acids is 1. The predicted molar refractivity (Wildman–Crippen MR) is 135 cm³/mol. The van der Waals surface area contributed by atoms with Gasteiger partial charge in [0.15, 0.2) is 11.6 Å². The summed E-state index contributed by atoms with van der Waals surface area (Å²) >= 11 is 0. The van der Waals surface area contributed by atoms with E-state index in [4.69, 9.17) is 9.47 Å². The van der Waals surface area contributed by atoms with Crippen LogP contribution in [0.3, 0.4) is 0 Å². The van der Waals surface area contributed by atoms with Crippen molar-refractivity contribution in [3.05, 3.63) is 58.5 Å². The van der Waals surface area contributed by atoms with Gasteiger partial charge < -0.3 is 29.5 Å². The topological polar surface area (TPSA) is 126 Å². The molecule has 0 saturated carbocycles. The number of nitrogens with zero attached hydrogens (tertiary/aromatic N) is 6. The van der Waals surface area contributed by atoms with Crippen LogP contribution in [0.1, 0.15) is 0 Å². The molecule has 1 N–H and O–H groups in total. The van der Waals surface area contributed by atoms with Crippen LogP contribution in [0.5, 0.6) is 5.75 Å². The van der Waals surface area contributed by atoms with E-state index in [-0.39, 0.29) is 35.6 Å². The number of hydrogen-bond acceptors (Lipinski definition) is 10. The lowest BCUT2D eigenvalue weighted by atomic mass is 10.1. The molecule has 0 bridgehead atoms. The van der Waals surface area contributed by atoms with Crippen LogP contribution in [0.4, 0.5) is 44.6 Å². The maximum atomic E-state index is 14.9. The molecule has 3 heterocycles. The molecule has 12 nitrogen and oxygen atoms in total. The van der Waals surface area contributed by atoms with Crippen LogP contribution in [-0.2, 0) is 9.53 Å². The quantitative estimate of drug-likeness (QED) is 0.391. The zero-order valence-electron chi connectivity index (χ0n) is 20.2. The second kappa shape index (κ2) is 9.85. The molecule has 0 radical (unpaired) electrons. The van der Waals surface area contributed by atoms with Crippen LogP contribution in [0.2, 0.25) is 0 Å². The van der Waals surface area contributed by atoms with E-state index >= 15 is 0 Å². The van der Waals surface area contributed by atoms with Gasteiger partial charge >= 0.3 is 0 Å². The molecule has 2 aromatic carbocycles. The highest BCUT2D eigenvalue weighted by Crippen LogP contribution is 2.41. The Labute approximate surface area is 211 Å². The first-order chi connectivity index (χ1) is 17.9. The number of benzene rings is 2. The monoisotopic (exact) mass is 509 g/mol. The molecular formula is C24H24FN7O5. The molecule has 0 atom stereocenters. The van der Waals surface area contributed by atoms with E-state index in [1.54, 1.807) is 37.4 Å². The fraction of sp³-hybridized carbons (Fsp3) is 0.292. The van der Waals surface area contributed by atoms with Crippen LogP contribution in [0.15, 0.2) is 42.6 Å². The number of anilines is 6. The van der Waals surface area contributed by atoms with Gasteiger partial charge in [-0.25, -0.2) is 9.37 Å². The SMILES string of the molecule is COc1cc(N2CCOCC2)c([N+](=O)[O-])cc1Nc1ncc(F)c(N2CC(=O)N(C)c3ccccc32)n1. The number of halogens is 1. The van der Waals surface area contributed by atoms with Gasteiger partial charge in [-0.1, -0.05) is 12.1 Å². The van der Waals surface area contributed by atoms with E-state index in [9.17, 15) is 19.3 Å². The highest BCUT2D eigenvalue weighted by molar-refractivity contribution is 6.04. The Hall–Kier alpha value is -4.52. The highest BCUT2D eigenvalue weighted by atomic mass is 19.1. The Morgan fingerprint density at radius 1 is 1.16 bits per heavy atom. The van der Waals surface area contributed by atoms with Gasteiger partial charge in [0.1, 0.15) is 18.0 Å². The number of rotatable bonds is 6. The number of ether oxygens (including phenoxy) is 2. The lowest BCUT2D eigenvalue weighted by Gasteiger charge is -2.34. The van der Waals surface area contributed by atoms with Crippen molar-refractivity contribution in [1.29, 1.82) is 0 Å². The molecule has 0 aliphatic carbocycles. The zero-order valence-corrected chi connectivity index (χ0v) is 20.2. The first-order valence-electron chi connectivity index (χ1n) is 11.5. The normalized spacial score (nSPS) is 15.4. The van der Waals surface area contributed by atoms with Gasteiger partial charge in [-0.3, -0.25) is 14.9 Å². The Kier molecular flexibility index (Phi) is 6.44. The summed E-state index contributed by atoms with van der Waals surface area (Å²) in [7, 11) is 3.10. The Balaban J connectivity index is 1.52. The van der Waals surface area contributed by atoms with E-state index in [0.717, 1.165) is 6.20 Å². The number of likely N-dealkylation sites (N-methyl/N-ethyl adjacent to an activating group) is 1. The molecule has 1 aromatic heterocycles. The first kappa shape index (κ1) is 24.2. The van der Waals surface area contributed by atoms with Crippen LogP contribution in [-0.4, -0.2) is 67.8 Å². The summed E-state index contributed by atoms with van der Waals surface area (Å²) < 4.78 is 25.8. The van der Waals surface area contributed by atoms with Gasteiger partial charge in [-0.05, 0) is 12.1 Å². The number of amides is 1. The third-order valence-corrected chi connectivity index (χ3v) is 6.27. The standard InChI is InChI=1S/C24H24FN7O5/c1-29-17-5-3-4-6-18(17)31(14-22(29)33)23-15(25)13-26-24(28-23)27-16-11-20(32(34)35)19(12-21(16)36-2)30-7-9-37-10-8-30/h3-6,11-13H,7-10,14H2,1-2H3,(H,26,27,28). The van der Waals surface area contributed by atoms with E-state index in [2.05, 4.69) is 15.3 Å². The fourth-order valence-electron chi connectivity index (χ4n) is 4.38. The molecule has 0 spiro atoms. The molecule has 2 aliphatic rings. The van der Waals surface area contributed by atoms with Gasteiger partial charge in [0.25, 0.3) is 5.69 Å². The number of aromatic nitrogens is 2. The minimum atomic E-state index is -0.724. The Morgan fingerprint density at radius 3 is 2.59 bits per heavy atom. The van der Waals surface area contributed by atoms with Crippen molar-refractivity contribution in [1.82, 2.24) is 9.97 Å². The fourth-order valence-corrected chi connectivity index (χ4v) is 4.38. The number of nitro benzene ring substituents is 1. The molecule has 5 rings (SSSR count). The van der Waals surface area contributed by atoms with Crippen LogP contribution < -0.4 is 24.8 Å². The van der Waals surface area contributed by atoms with Gasteiger partial charge in [0.2, 0.25) is 11.9 Å². The number of morpholine rings is 1. The van der Waals surface area contributed by atoms with Crippen LogP contribution in [0.25, 0.3) is 0 Å². The smallest absolute Gasteiger partial charge is 0.294 e. The average Bonchev–Trinajstić information content (AvgIpc) is 2.92. The van der Waals surface area contributed by atoms with Crippen molar-refractivity contribution in [2.24, 2.45) is 0 Å². The lowest BCUT2D eigenvalue weighted by molar-refractivity contribution is -0.384. The summed E-state index contributed by atoms with van der Waals surface area (Å²) in [5.41, 5.74) is 1.73. The maximum Gasteiger partial charge on any atom is 0.294 e. The molecule has 13 heteroatoms. The van der Waals surface area contributed by atoms with Crippen molar-refractivity contribution < 1.29 is 23.6 Å². The van der Waals surface area contributed by atoms with Crippen molar-refractivity contribution in [3.8, 4) is 5.75 Å². The van der Waals surface area contributed by atoms with Crippen molar-refractivity contribution >= 4 is 46.1 Å². The summed E-state index contributed by atoms with van der Waals surface area (Å²) in [5.74, 6) is -0.765. The molecule has 1 fully saturated rings. The number of fused-ring (bicyclic) bond motifs is 1. The molecular weight excluding hydrogens is 485 g/mol.